The molecule has 0 saturated carbocycles. The molecular weight excluding hydrogens is 333 g/mol. The van der Waals surface area contributed by atoms with Crippen molar-refractivity contribution in [2.45, 2.75) is 0 Å². The van der Waals surface area contributed by atoms with Crippen molar-refractivity contribution in [3.8, 4) is 0 Å². The number of hydrogen-bond acceptors (Lipinski definition) is 2. The first-order chi connectivity index (χ1) is 7.70. The molecule has 0 bridgehead atoms. The quantitative estimate of drug-likeness (QED) is 0.763. The molecule has 0 radical (unpaired) electrons. The molecule has 2 aromatic rings. The number of carbonyl (C=O) groups is 1. The first kappa shape index (κ1) is 11.6. The van der Waals surface area contributed by atoms with E-state index < -0.39 is 0 Å². The minimum absolute atomic E-state index is 0.0408. The van der Waals surface area contributed by atoms with E-state index in [9.17, 15) is 4.79 Å². The van der Waals surface area contributed by atoms with Crippen LogP contribution < -0.4 is 4.90 Å². The third kappa shape index (κ3) is 2.27. The molecule has 0 saturated heterocycles. The van der Waals surface area contributed by atoms with Crippen LogP contribution in [0.15, 0.2) is 41.8 Å². The highest BCUT2D eigenvalue weighted by Crippen LogP contribution is 2.23. The summed E-state index contributed by atoms with van der Waals surface area (Å²) in [5.74, 6) is 0.0408. The second-order valence-electron chi connectivity index (χ2n) is 3.29. The Morgan fingerprint density at radius 1 is 1.25 bits per heavy atom. The zero-order chi connectivity index (χ0) is 11.5. The molecule has 82 valence electrons. The first-order valence-electron chi connectivity index (χ1n) is 4.76. The average Bonchev–Trinajstić information content (AvgIpc) is 2.81. The van der Waals surface area contributed by atoms with Crippen LogP contribution in [-0.2, 0) is 0 Å². The number of nitrogens with zero attached hydrogens (tertiary/aromatic N) is 1. The van der Waals surface area contributed by atoms with Gasteiger partial charge in [-0.3, -0.25) is 4.79 Å². The topological polar surface area (TPSA) is 20.3 Å². The lowest BCUT2D eigenvalue weighted by molar-refractivity contribution is 0.0996. The number of thiophene rings is 1. The van der Waals surface area contributed by atoms with Gasteiger partial charge >= 0.3 is 0 Å². The van der Waals surface area contributed by atoms with Crippen molar-refractivity contribution in [3.63, 3.8) is 0 Å². The van der Waals surface area contributed by atoms with E-state index >= 15 is 0 Å². The van der Waals surface area contributed by atoms with E-state index in [1.54, 1.807) is 11.9 Å². The molecular formula is C12H10INOS. The van der Waals surface area contributed by atoms with E-state index in [-0.39, 0.29) is 5.91 Å². The van der Waals surface area contributed by atoms with Crippen molar-refractivity contribution in [2.75, 3.05) is 11.9 Å². The Bertz CT molecular complexity index is 495. The third-order valence-electron chi connectivity index (χ3n) is 2.25. The number of benzene rings is 1. The Labute approximate surface area is 112 Å². The second kappa shape index (κ2) is 4.97. The molecule has 1 aromatic carbocycles. The highest BCUT2D eigenvalue weighted by atomic mass is 127. The van der Waals surface area contributed by atoms with Gasteiger partial charge in [0.2, 0.25) is 0 Å². The molecule has 0 N–H and O–H groups in total. The van der Waals surface area contributed by atoms with Gasteiger partial charge in [0.1, 0.15) is 0 Å². The van der Waals surface area contributed by atoms with Crippen molar-refractivity contribution in [1.82, 2.24) is 0 Å². The minimum Gasteiger partial charge on any atom is -0.310 e. The fourth-order valence-corrected chi connectivity index (χ4v) is 2.85. The van der Waals surface area contributed by atoms with Gasteiger partial charge in [-0.2, -0.15) is 0 Å². The lowest BCUT2D eigenvalue weighted by atomic mass is 10.3. The van der Waals surface area contributed by atoms with Crippen LogP contribution >= 0.6 is 33.9 Å². The van der Waals surface area contributed by atoms with Crippen molar-refractivity contribution < 1.29 is 4.79 Å². The van der Waals surface area contributed by atoms with Crippen LogP contribution in [0.3, 0.4) is 0 Å². The fourth-order valence-electron chi connectivity index (χ4n) is 1.40. The van der Waals surface area contributed by atoms with Crippen molar-refractivity contribution in [1.29, 1.82) is 0 Å². The molecule has 0 aliphatic carbocycles. The standard InChI is InChI=1S/C12H10INOS/c1-14(10-6-3-2-5-9(10)13)12(15)11-7-4-8-16-11/h2-8H,1H3. The van der Waals surface area contributed by atoms with Crippen LogP contribution in [0.2, 0.25) is 0 Å². The van der Waals surface area contributed by atoms with Crippen molar-refractivity contribution in [3.05, 3.63) is 50.2 Å². The number of hydrogen-bond donors (Lipinski definition) is 0. The molecule has 0 atom stereocenters. The lowest BCUT2D eigenvalue weighted by Crippen LogP contribution is -2.26. The summed E-state index contributed by atoms with van der Waals surface area (Å²) in [6, 6.07) is 11.6. The maximum atomic E-state index is 12.1. The molecule has 4 heteroatoms. The SMILES string of the molecule is CN(C(=O)c1cccs1)c1ccccc1I. The summed E-state index contributed by atoms with van der Waals surface area (Å²) in [5, 5.41) is 1.91. The Kier molecular flexibility index (Phi) is 3.60. The number of amides is 1. The van der Waals surface area contributed by atoms with Crippen LogP contribution in [0.1, 0.15) is 9.67 Å². The van der Waals surface area contributed by atoms with E-state index in [4.69, 9.17) is 0 Å². The Hall–Kier alpha value is -0.880. The monoisotopic (exact) mass is 343 g/mol. The highest BCUT2D eigenvalue weighted by Gasteiger charge is 2.15. The number of anilines is 1. The summed E-state index contributed by atoms with van der Waals surface area (Å²) in [5.41, 5.74) is 0.946. The van der Waals surface area contributed by atoms with Gasteiger partial charge in [-0.05, 0) is 46.2 Å². The molecule has 0 aliphatic heterocycles. The number of para-hydroxylation sites is 1. The van der Waals surface area contributed by atoms with Crippen LogP contribution in [0.5, 0.6) is 0 Å². The molecule has 0 fully saturated rings. The van der Waals surface area contributed by atoms with Gasteiger partial charge < -0.3 is 4.90 Å². The second-order valence-corrected chi connectivity index (χ2v) is 5.40. The smallest absolute Gasteiger partial charge is 0.268 e. The van der Waals surface area contributed by atoms with Gasteiger partial charge in [-0.25, -0.2) is 0 Å². The maximum Gasteiger partial charge on any atom is 0.268 e. The van der Waals surface area contributed by atoms with Crippen LogP contribution in [0, 0.1) is 3.57 Å². The van der Waals surface area contributed by atoms with E-state index in [1.807, 2.05) is 41.8 Å². The van der Waals surface area contributed by atoms with Crippen molar-refractivity contribution >= 4 is 45.5 Å². The largest absolute Gasteiger partial charge is 0.310 e. The normalized spacial score (nSPS) is 10.1. The van der Waals surface area contributed by atoms with Crippen LogP contribution in [-0.4, -0.2) is 13.0 Å². The Balaban J connectivity index is 2.30. The van der Waals surface area contributed by atoms with E-state index in [0.29, 0.717) is 0 Å². The third-order valence-corrected chi connectivity index (χ3v) is 4.02. The molecule has 0 spiro atoms. The first-order valence-corrected chi connectivity index (χ1v) is 6.72. The molecule has 0 unspecified atom stereocenters. The zero-order valence-electron chi connectivity index (χ0n) is 8.68. The van der Waals surface area contributed by atoms with Gasteiger partial charge in [0.05, 0.1) is 10.6 Å². The van der Waals surface area contributed by atoms with E-state index in [2.05, 4.69) is 22.6 Å². The van der Waals surface area contributed by atoms with Crippen LogP contribution in [0.4, 0.5) is 5.69 Å². The molecule has 2 rings (SSSR count). The summed E-state index contributed by atoms with van der Waals surface area (Å²) in [6.45, 7) is 0. The van der Waals surface area contributed by atoms with Gasteiger partial charge in [-0.1, -0.05) is 18.2 Å². The van der Waals surface area contributed by atoms with Gasteiger partial charge in [-0.15, -0.1) is 11.3 Å². The van der Waals surface area contributed by atoms with Crippen LogP contribution in [0.25, 0.3) is 0 Å². The fraction of sp³-hybridized carbons (Fsp3) is 0.0833. The molecule has 16 heavy (non-hydrogen) atoms. The molecule has 0 aliphatic rings. The lowest BCUT2D eigenvalue weighted by Gasteiger charge is -2.17. The van der Waals surface area contributed by atoms with Crippen molar-refractivity contribution in [2.24, 2.45) is 0 Å². The zero-order valence-corrected chi connectivity index (χ0v) is 11.7. The average molecular weight is 343 g/mol. The van der Waals surface area contributed by atoms with Gasteiger partial charge in [0, 0.05) is 10.6 Å². The Morgan fingerprint density at radius 3 is 2.62 bits per heavy atom. The van der Waals surface area contributed by atoms with E-state index in [0.717, 1.165) is 14.1 Å². The maximum absolute atomic E-state index is 12.1. The number of carbonyl (C=O) groups excluding carboxylic acids is 1. The summed E-state index contributed by atoms with van der Waals surface area (Å²) in [4.78, 5) is 14.5. The molecule has 1 amide bonds. The Morgan fingerprint density at radius 2 is 2.00 bits per heavy atom. The number of rotatable bonds is 2. The minimum atomic E-state index is 0.0408. The predicted molar refractivity (Wildman–Crippen MR) is 76.2 cm³/mol. The predicted octanol–water partition coefficient (Wildman–Crippen LogP) is 3.63. The van der Waals surface area contributed by atoms with Gasteiger partial charge in [0.25, 0.3) is 5.91 Å². The summed E-state index contributed by atoms with van der Waals surface area (Å²) >= 11 is 3.70. The summed E-state index contributed by atoms with van der Waals surface area (Å²) < 4.78 is 1.08. The molecule has 1 aromatic heterocycles. The highest BCUT2D eigenvalue weighted by molar-refractivity contribution is 14.1. The number of halogens is 1. The summed E-state index contributed by atoms with van der Waals surface area (Å²) in [7, 11) is 1.81. The van der Waals surface area contributed by atoms with E-state index in [1.165, 1.54) is 11.3 Å². The molecule has 1 heterocycles. The van der Waals surface area contributed by atoms with Gasteiger partial charge in [0.15, 0.2) is 0 Å². The molecule has 2 nitrogen and oxygen atoms in total. The summed E-state index contributed by atoms with van der Waals surface area (Å²) in [6.07, 6.45) is 0.